The lowest BCUT2D eigenvalue weighted by molar-refractivity contribution is 0.203. The number of aryl methyl sites for hydroxylation is 1. The van der Waals surface area contributed by atoms with Crippen LogP contribution in [-0.4, -0.2) is 36.6 Å². The maximum absolute atomic E-state index is 13.7. The van der Waals surface area contributed by atoms with E-state index in [0.29, 0.717) is 12.1 Å². The van der Waals surface area contributed by atoms with Crippen molar-refractivity contribution in [1.29, 1.82) is 0 Å². The molecular weight excluding hydrogens is 492 g/mol. The molecule has 3 heterocycles. The quantitative estimate of drug-likeness (QED) is 0.262. The molecule has 0 unspecified atom stereocenters. The van der Waals surface area contributed by atoms with E-state index in [2.05, 4.69) is 80.2 Å². The molecule has 5 aromatic rings. The normalized spacial score (nSPS) is 15.0. The maximum Gasteiger partial charge on any atom is 0.253 e. The number of H-pyrrole nitrogens is 1. The first-order chi connectivity index (χ1) is 18.7. The third-order valence-electron chi connectivity index (χ3n) is 7.59. The van der Waals surface area contributed by atoms with Crippen molar-refractivity contribution in [3.8, 4) is 0 Å². The summed E-state index contributed by atoms with van der Waals surface area (Å²) in [5, 5.41) is 16.3. The van der Waals surface area contributed by atoms with Crippen LogP contribution in [0.1, 0.15) is 65.2 Å². The topological polar surface area (TPSA) is 79.7 Å². The first-order valence-corrected chi connectivity index (χ1v) is 14.3. The van der Waals surface area contributed by atoms with E-state index >= 15 is 0 Å². The number of nitrogens with zero attached hydrogens (tertiary/aromatic N) is 5. The van der Waals surface area contributed by atoms with Crippen LogP contribution < -0.4 is 5.56 Å². The zero-order valence-electron chi connectivity index (χ0n) is 21.6. The molecule has 38 heavy (non-hydrogen) atoms. The van der Waals surface area contributed by atoms with Crippen molar-refractivity contribution in [2.24, 2.45) is 0 Å². The number of fused-ring (bicyclic) bond motifs is 1. The van der Waals surface area contributed by atoms with Crippen LogP contribution >= 0.6 is 11.3 Å². The number of pyridine rings is 1. The molecule has 0 saturated heterocycles. The van der Waals surface area contributed by atoms with E-state index in [-0.39, 0.29) is 17.6 Å². The van der Waals surface area contributed by atoms with E-state index in [1.54, 1.807) is 11.3 Å². The molecular formula is C30H32N6OS. The van der Waals surface area contributed by atoms with Crippen LogP contribution in [-0.2, 0) is 13.0 Å². The number of hydrogen-bond donors (Lipinski definition) is 1. The second kappa shape index (κ2) is 11.0. The highest BCUT2D eigenvalue weighted by Gasteiger charge is 2.33. The number of hydrogen-bond acceptors (Lipinski definition) is 6. The van der Waals surface area contributed by atoms with Gasteiger partial charge in [-0.25, -0.2) is 4.68 Å². The Labute approximate surface area is 226 Å². The Morgan fingerprint density at radius 2 is 1.92 bits per heavy atom. The molecule has 1 N–H and O–H groups in total. The van der Waals surface area contributed by atoms with E-state index in [1.807, 2.05) is 28.9 Å². The molecule has 8 heteroatoms. The molecule has 1 aliphatic carbocycles. The number of rotatable bonds is 9. The van der Waals surface area contributed by atoms with Crippen molar-refractivity contribution >= 4 is 22.2 Å². The minimum absolute atomic E-state index is 0.0942. The molecule has 6 rings (SSSR count). The van der Waals surface area contributed by atoms with Crippen LogP contribution in [0.4, 0.5) is 0 Å². The number of aromatic amines is 1. The van der Waals surface area contributed by atoms with Crippen molar-refractivity contribution in [1.82, 2.24) is 30.1 Å². The van der Waals surface area contributed by atoms with Gasteiger partial charge < -0.3 is 4.98 Å². The van der Waals surface area contributed by atoms with E-state index in [1.165, 1.54) is 23.3 Å². The van der Waals surface area contributed by atoms with Gasteiger partial charge in [-0.3, -0.25) is 9.69 Å². The fraction of sp³-hybridized carbons (Fsp3) is 0.333. The Morgan fingerprint density at radius 1 is 1.08 bits per heavy atom. The highest BCUT2D eigenvalue weighted by molar-refractivity contribution is 7.09. The molecule has 1 saturated carbocycles. The summed E-state index contributed by atoms with van der Waals surface area (Å²) in [6, 6.07) is 22.8. The summed E-state index contributed by atoms with van der Waals surface area (Å²) in [5.41, 5.74) is 3.85. The van der Waals surface area contributed by atoms with Gasteiger partial charge in [0.1, 0.15) is 6.04 Å². The maximum atomic E-state index is 13.7. The summed E-state index contributed by atoms with van der Waals surface area (Å²) in [6.45, 7) is 3.54. The first kappa shape index (κ1) is 24.7. The third-order valence-corrected chi connectivity index (χ3v) is 8.45. The predicted molar refractivity (Wildman–Crippen MR) is 151 cm³/mol. The molecule has 7 nitrogen and oxygen atoms in total. The van der Waals surface area contributed by atoms with Crippen LogP contribution in [0.25, 0.3) is 10.9 Å². The van der Waals surface area contributed by atoms with Crippen LogP contribution in [0.15, 0.2) is 76.9 Å². The Kier molecular flexibility index (Phi) is 7.16. The molecule has 0 amide bonds. The molecule has 194 valence electrons. The predicted octanol–water partition coefficient (Wildman–Crippen LogP) is 5.83. The average molecular weight is 525 g/mol. The first-order valence-electron chi connectivity index (χ1n) is 13.4. The number of tetrazole rings is 1. The molecule has 1 fully saturated rings. The minimum Gasteiger partial charge on any atom is -0.322 e. The molecule has 0 radical (unpaired) electrons. The van der Waals surface area contributed by atoms with Gasteiger partial charge in [0.15, 0.2) is 5.82 Å². The van der Waals surface area contributed by atoms with Gasteiger partial charge in [-0.2, -0.15) is 0 Å². The highest BCUT2D eigenvalue weighted by Crippen LogP contribution is 2.35. The van der Waals surface area contributed by atoms with E-state index in [4.69, 9.17) is 0 Å². The smallest absolute Gasteiger partial charge is 0.253 e. The zero-order valence-corrected chi connectivity index (χ0v) is 22.4. The lowest BCUT2D eigenvalue weighted by atomic mass is 10.0. The van der Waals surface area contributed by atoms with Gasteiger partial charge in [0.2, 0.25) is 0 Å². The Morgan fingerprint density at radius 3 is 2.71 bits per heavy atom. The minimum atomic E-state index is -0.384. The van der Waals surface area contributed by atoms with Gasteiger partial charge >= 0.3 is 0 Å². The summed E-state index contributed by atoms with van der Waals surface area (Å²) in [7, 11) is 0. The summed E-state index contributed by atoms with van der Waals surface area (Å²) < 4.78 is 2.00. The number of nitrogens with one attached hydrogen (secondary N) is 1. The largest absolute Gasteiger partial charge is 0.322 e. The van der Waals surface area contributed by atoms with Crippen molar-refractivity contribution < 1.29 is 0 Å². The third kappa shape index (κ3) is 5.19. The van der Waals surface area contributed by atoms with Crippen molar-refractivity contribution in [2.45, 2.75) is 57.7 Å². The van der Waals surface area contributed by atoms with Crippen molar-refractivity contribution in [3.63, 3.8) is 0 Å². The SMILES string of the molecule is Cc1ccc2[nH]c(=O)c([C@@H](c3nnnn3C3CCCC3)N(CCc3ccccc3)Cc3cccs3)cc2c1. The van der Waals surface area contributed by atoms with Crippen LogP contribution in [0.2, 0.25) is 0 Å². The molecule has 1 aliphatic rings. The van der Waals surface area contributed by atoms with Gasteiger partial charge in [0.25, 0.3) is 5.56 Å². The standard InChI is InChI=1S/C30H32N6OS/c1-21-13-14-27-23(18-21)19-26(30(37)31-27)28(29-32-33-34-36(29)24-10-5-6-11-24)35(20-25-12-7-17-38-25)16-15-22-8-3-2-4-9-22/h2-4,7-9,12-14,17-19,24,28H,5-6,10-11,15-16,20H2,1H3,(H,31,37)/t28-/m0/s1. The Bertz CT molecular complexity index is 1550. The van der Waals surface area contributed by atoms with Gasteiger partial charge in [0.05, 0.1) is 6.04 Å². The van der Waals surface area contributed by atoms with E-state index in [0.717, 1.165) is 48.1 Å². The number of benzene rings is 2. The van der Waals surface area contributed by atoms with Crippen molar-refractivity contribution in [3.05, 3.63) is 110 Å². The monoisotopic (exact) mass is 524 g/mol. The summed E-state index contributed by atoms with van der Waals surface area (Å²) >= 11 is 1.73. The summed E-state index contributed by atoms with van der Waals surface area (Å²) in [4.78, 5) is 20.5. The van der Waals surface area contributed by atoms with Crippen LogP contribution in [0.3, 0.4) is 0 Å². The Balaban J connectivity index is 1.49. The van der Waals surface area contributed by atoms with Gasteiger partial charge in [-0.05, 0) is 77.2 Å². The van der Waals surface area contributed by atoms with E-state index < -0.39 is 0 Å². The lowest BCUT2D eigenvalue weighted by Crippen LogP contribution is -2.36. The zero-order chi connectivity index (χ0) is 25.9. The number of thiophene rings is 1. The van der Waals surface area contributed by atoms with Crippen LogP contribution in [0, 0.1) is 6.92 Å². The van der Waals surface area contributed by atoms with Gasteiger partial charge in [0, 0.05) is 29.0 Å². The van der Waals surface area contributed by atoms with E-state index in [9.17, 15) is 4.79 Å². The second-order valence-corrected chi connectivity index (χ2v) is 11.3. The Hall–Kier alpha value is -3.62. The van der Waals surface area contributed by atoms with Crippen LogP contribution in [0.5, 0.6) is 0 Å². The summed E-state index contributed by atoms with van der Waals surface area (Å²) in [6.07, 6.45) is 5.34. The molecule has 2 aromatic carbocycles. The average Bonchev–Trinajstić information content (AvgIpc) is 3.72. The molecule has 0 aliphatic heterocycles. The van der Waals surface area contributed by atoms with Crippen molar-refractivity contribution in [2.75, 3.05) is 6.54 Å². The summed E-state index contributed by atoms with van der Waals surface area (Å²) in [5.74, 6) is 0.749. The number of aromatic nitrogens is 5. The highest BCUT2D eigenvalue weighted by atomic mass is 32.1. The second-order valence-electron chi connectivity index (χ2n) is 10.3. The molecule has 3 aromatic heterocycles. The fourth-order valence-corrected chi connectivity index (χ4v) is 6.38. The molecule has 0 spiro atoms. The fourth-order valence-electron chi connectivity index (χ4n) is 5.65. The lowest BCUT2D eigenvalue weighted by Gasteiger charge is -2.31. The molecule has 0 bridgehead atoms. The van der Waals surface area contributed by atoms with Gasteiger partial charge in [-0.1, -0.05) is 60.9 Å². The van der Waals surface area contributed by atoms with Gasteiger partial charge in [-0.15, -0.1) is 16.4 Å². The molecule has 1 atom stereocenters.